The molecule has 0 aliphatic heterocycles. The van der Waals surface area contributed by atoms with E-state index < -0.39 is 6.10 Å². The van der Waals surface area contributed by atoms with Gasteiger partial charge in [0.1, 0.15) is 5.58 Å². The number of hydrogen-bond acceptors (Lipinski definition) is 6. The molecule has 0 fully saturated rings. The molecule has 1 unspecified atom stereocenters. The van der Waals surface area contributed by atoms with Crippen LogP contribution >= 0.6 is 0 Å². The van der Waals surface area contributed by atoms with Gasteiger partial charge in [0.15, 0.2) is 29.1 Å². The molecule has 0 spiro atoms. The summed E-state index contributed by atoms with van der Waals surface area (Å²) in [5.41, 5.74) is 1.64. The average molecular weight is 382 g/mol. The van der Waals surface area contributed by atoms with Crippen molar-refractivity contribution in [2.75, 3.05) is 14.2 Å². The van der Waals surface area contributed by atoms with Crippen LogP contribution in [0.25, 0.3) is 22.3 Å². The number of ether oxygens (including phenoxy) is 3. The molecule has 0 N–H and O–H groups in total. The number of rotatable bonds is 6. The molecule has 1 aromatic heterocycles. The van der Waals surface area contributed by atoms with Crippen LogP contribution in [0, 0.1) is 6.92 Å². The fraction of sp³-hybridized carbons (Fsp3) is 0.273. The first-order chi connectivity index (χ1) is 13.3. The number of aryl methyl sites for hydroxylation is 1. The second kappa shape index (κ2) is 7.76. The lowest BCUT2D eigenvalue weighted by Gasteiger charge is -2.16. The Hall–Kier alpha value is -3.28. The van der Waals surface area contributed by atoms with Gasteiger partial charge in [0.2, 0.25) is 11.2 Å². The van der Waals surface area contributed by atoms with Crippen molar-refractivity contribution < 1.29 is 23.4 Å². The number of Topliss-reactive ketones (excluding diaryl/α,β-unsaturated/α-hetero) is 1. The monoisotopic (exact) mass is 382 g/mol. The van der Waals surface area contributed by atoms with Crippen molar-refractivity contribution in [2.24, 2.45) is 0 Å². The minimum absolute atomic E-state index is 0.00808. The van der Waals surface area contributed by atoms with Crippen molar-refractivity contribution in [1.82, 2.24) is 0 Å². The molecule has 28 heavy (non-hydrogen) atoms. The van der Waals surface area contributed by atoms with Gasteiger partial charge in [-0.05, 0) is 56.7 Å². The van der Waals surface area contributed by atoms with E-state index in [2.05, 4.69) is 0 Å². The van der Waals surface area contributed by atoms with Gasteiger partial charge in [0, 0.05) is 5.56 Å². The molecule has 1 atom stereocenters. The van der Waals surface area contributed by atoms with Crippen molar-refractivity contribution >= 4 is 16.8 Å². The van der Waals surface area contributed by atoms with Gasteiger partial charge in [-0.2, -0.15) is 0 Å². The van der Waals surface area contributed by atoms with Gasteiger partial charge in [0.25, 0.3) is 0 Å². The molecule has 6 nitrogen and oxygen atoms in total. The Labute approximate surface area is 162 Å². The highest BCUT2D eigenvalue weighted by Crippen LogP contribution is 2.37. The Balaban J connectivity index is 2.30. The quantitative estimate of drug-likeness (QED) is 0.638. The fourth-order valence-electron chi connectivity index (χ4n) is 2.82. The first-order valence-electron chi connectivity index (χ1n) is 8.82. The molecular weight excluding hydrogens is 360 g/mol. The van der Waals surface area contributed by atoms with E-state index in [9.17, 15) is 9.59 Å². The van der Waals surface area contributed by atoms with Gasteiger partial charge in [0.05, 0.1) is 19.6 Å². The van der Waals surface area contributed by atoms with Crippen LogP contribution in [0.2, 0.25) is 0 Å². The molecule has 0 radical (unpaired) electrons. The standard InChI is InChI=1S/C22H22O6/c1-12-6-8-16-18(10-12)28-21(22(20(16)24)27-14(3)13(2)23)15-7-9-17(25-4)19(11-15)26-5/h6-11,14H,1-5H3. The first kappa shape index (κ1) is 19.5. The normalized spacial score (nSPS) is 11.9. The van der Waals surface area contributed by atoms with Crippen LogP contribution in [0.3, 0.4) is 0 Å². The predicted octanol–water partition coefficient (Wildman–Crippen LogP) is 4.14. The Kier molecular flexibility index (Phi) is 5.40. The molecule has 0 saturated heterocycles. The maximum absolute atomic E-state index is 13.1. The summed E-state index contributed by atoms with van der Waals surface area (Å²) in [6.07, 6.45) is -0.787. The summed E-state index contributed by atoms with van der Waals surface area (Å²) >= 11 is 0. The highest BCUT2D eigenvalue weighted by Gasteiger charge is 2.22. The minimum Gasteiger partial charge on any atom is -0.493 e. The van der Waals surface area contributed by atoms with Gasteiger partial charge in [-0.3, -0.25) is 9.59 Å². The summed E-state index contributed by atoms with van der Waals surface area (Å²) < 4.78 is 22.4. The van der Waals surface area contributed by atoms with Crippen LogP contribution in [0.15, 0.2) is 45.6 Å². The number of carbonyl (C=O) groups is 1. The van der Waals surface area contributed by atoms with E-state index in [-0.39, 0.29) is 22.7 Å². The summed E-state index contributed by atoms with van der Waals surface area (Å²) in [6.45, 7) is 4.92. The molecule has 0 aliphatic rings. The lowest BCUT2D eigenvalue weighted by molar-refractivity contribution is -0.122. The molecule has 146 valence electrons. The zero-order chi connectivity index (χ0) is 20.4. The second-order valence-corrected chi connectivity index (χ2v) is 6.53. The maximum Gasteiger partial charge on any atom is 0.235 e. The summed E-state index contributed by atoms with van der Waals surface area (Å²) in [6, 6.07) is 10.5. The van der Waals surface area contributed by atoms with Crippen molar-refractivity contribution in [3.8, 4) is 28.6 Å². The number of benzene rings is 2. The molecule has 0 saturated carbocycles. The molecule has 0 bridgehead atoms. The zero-order valence-electron chi connectivity index (χ0n) is 16.5. The SMILES string of the molecule is COc1ccc(-c2oc3cc(C)ccc3c(=O)c2OC(C)C(C)=O)cc1OC. The van der Waals surface area contributed by atoms with Crippen LogP contribution < -0.4 is 19.6 Å². The summed E-state index contributed by atoms with van der Waals surface area (Å²) in [7, 11) is 3.07. The van der Waals surface area contributed by atoms with Gasteiger partial charge < -0.3 is 18.6 Å². The van der Waals surface area contributed by atoms with E-state index in [0.29, 0.717) is 28.0 Å². The maximum atomic E-state index is 13.1. The Morgan fingerprint density at radius 3 is 2.39 bits per heavy atom. The molecule has 3 aromatic rings. The first-order valence-corrected chi connectivity index (χ1v) is 8.82. The van der Waals surface area contributed by atoms with Crippen LogP contribution in [0.1, 0.15) is 19.4 Å². The lowest BCUT2D eigenvalue weighted by atomic mass is 10.1. The van der Waals surface area contributed by atoms with Crippen LogP contribution in [0.4, 0.5) is 0 Å². The van der Waals surface area contributed by atoms with Crippen molar-refractivity contribution in [2.45, 2.75) is 26.9 Å². The van der Waals surface area contributed by atoms with E-state index in [1.54, 1.807) is 44.4 Å². The number of ketones is 1. The smallest absolute Gasteiger partial charge is 0.235 e. The predicted molar refractivity (Wildman–Crippen MR) is 107 cm³/mol. The second-order valence-electron chi connectivity index (χ2n) is 6.53. The van der Waals surface area contributed by atoms with Crippen LogP contribution in [0.5, 0.6) is 17.2 Å². The Morgan fingerprint density at radius 1 is 1.04 bits per heavy atom. The molecular formula is C22H22O6. The number of carbonyl (C=O) groups excluding carboxylic acids is 1. The summed E-state index contributed by atoms with van der Waals surface area (Å²) in [5, 5.41) is 0.389. The van der Waals surface area contributed by atoms with E-state index in [0.717, 1.165) is 5.56 Å². The minimum atomic E-state index is -0.787. The molecule has 6 heteroatoms. The van der Waals surface area contributed by atoms with E-state index >= 15 is 0 Å². The van der Waals surface area contributed by atoms with Crippen LogP contribution in [-0.2, 0) is 4.79 Å². The third-order valence-electron chi connectivity index (χ3n) is 4.52. The molecule has 2 aromatic carbocycles. The molecule has 0 aliphatic carbocycles. The largest absolute Gasteiger partial charge is 0.493 e. The Bertz CT molecular complexity index is 1100. The van der Waals surface area contributed by atoms with Crippen molar-refractivity contribution in [1.29, 1.82) is 0 Å². The summed E-state index contributed by atoms with van der Waals surface area (Å²) in [4.78, 5) is 24.8. The van der Waals surface area contributed by atoms with E-state index in [1.807, 2.05) is 13.0 Å². The third-order valence-corrected chi connectivity index (χ3v) is 4.52. The van der Waals surface area contributed by atoms with E-state index in [4.69, 9.17) is 18.6 Å². The van der Waals surface area contributed by atoms with Crippen LogP contribution in [-0.4, -0.2) is 26.1 Å². The van der Waals surface area contributed by atoms with Gasteiger partial charge in [-0.1, -0.05) is 6.07 Å². The fourth-order valence-corrected chi connectivity index (χ4v) is 2.82. The zero-order valence-corrected chi connectivity index (χ0v) is 16.5. The van der Waals surface area contributed by atoms with Gasteiger partial charge >= 0.3 is 0 Å². The van der Waals surface area contributed by atoms with Gasteiger partial charge in [-0.15, -0.1) is 0 Å². The summed E-state index contributed by atoms with van der Waals surface area (Å²) in [5.74, 6) is 1.06. The third kappa shape index (κ3) is 3.58. The Morgan fingerprint density at radius 2 is 1.75 bits per heavy atom. The number of fused-ring (bicyclic) bond motifs is 1. The number of methoxy groups -OCH3 is 2. The lowest BCUT2D eigenvalue weighted by Crippen LogP contribution is -2.24. The molecule has 3 rings (SSSR count). The highest BCUT2D eigenvalue weighted by molar-refractivity contribution is 5.84. The van der Waals surface area contributed by atoms with Crippen molar-refractivity contribution in [3.63, 3.8) is 0 Å². The topological polar surface area (TPSA) is 75.0 Å². The highest BCUT2D eigenvalue weighted by atomic mass is 16.5. The van der Waals surface area contributed by atoms with Gasteiger partial charge in [-0.25, -0.2) is 0 Å². The molecule has 1 heterocycles. The van der Waals surface area contributed by atoms with Crippen molar-refractivity contribution in [3.05, 3.63) is 52.2 Å². The van der Waals surface area contributed by atoms with E-state index in [1.165, 1.54) is 14.0 Å². The number of hydrogen-bond donors (Lipinski definition) is 0. The average Bonchev–Trinajstić information content (AvgIpc) is 2.68. The molecule has 0 amide bonds.